The molecule has 3 N–H and O–H groups in total. The number of nitrogens with zero attached hydrogens (tertiary/aromatic N) is 2. The molecule has 1 heterocycles. The summed E-state index contributed by atoms with van der Waals surface area (Å²) in [7, 11) is 0. The van der Waals surface area contributed by atoms with Crippen LogP contribution in [0.3, 0.4) is 0 Å². The van der Waals surface area contributed by atoms with Crippen LogP contribution in [0.1, 0.15) is 17.0 Å². The van der Waals surface area contributed by atoms with Gasteiger partial charge in [-0.1, -0.05) is 6.07 Å². The number of nitrogen functional groups attached to an aromatic ring is 1. The van der Waals surface area contributed by atoms with Gasteiger partial charge in [0.2, 0.25) is 0 Å². The lowest BCUT2D eigenvalue weighted by Crippen LogP contribution is -2.15. The van der Waals surface area contributed by atoms with Gasteiger partial charge in [0.15, 0.2) is 0 Å². The maximum atomic E-state index is 10.8. The van der Waals surface area contributed by atoms with Gasteiger partial charge in [0.1, 0.15) is 17.3 Å². The van der Waals surface area contributed by atoms with Gasteiger partial charge in [-0.15, -0.1) is 0 Å². The molecule has 0 bridgehead atoms. The standard InChI is InChI=1S/C14H14N4O3/c1-8-6-12(13(14(15)16)9(2)17-8)21-11-5-3-4-10(7-11)18(19)20/h3-7H,1-2H3,(H3,15,16). The highest BCUT2D eigenvalue weighted by atomic mass is 16.6. The highest BCUT2D eigenvalue weighted by molar-refractivity contribution is 5.98. The predicted molar refractivity (Wildman–Crippen MR) is 77.9 cm³/mol. The second-order valence-corrected chi connectivity index (χ2v) is 4.49. The van der Waals surface area contributed by atoms with Crippen LogP contribution in [0, 0.1) is 29.4 Å². The number of nitro benzene ring substituents is 1. The quantitative estimate of drug-likeness (QED) is 0.388. The van der Waals surface area contributed by atoms with Crippen LogP contribution < -0.4 is 10.5 Å². The first kappa shape index (κ1) is 14.4. The maximum Gasteiger partial charge on any atom is 0.273 e. The number of amidine groups is 1. The van der Waals surface area contributed by atoms with E-state index in [1.165, 1.54) is 18.2 Å². The molecule has 2 aromatic rings. The minimum atomic E-state index is -0.498. The van der Waals surface area contributed by atoms with Crippen molar-refractivity contribution in [3.05, 3.63) is 57.4 Å². The SMILES string of the molecule is Cc1cc(Oc2cccc([N+](=O)[O-])c2)c(C(=N)N)c(C)n1. The van der Waals surface area contributed by atoms with E-state index in [1.54, 1.807) is 26.0 Å². The molecule has 7 nitrogen and oxygen atoms in total. The molecule has 0 unspecified atom stereocenters. The Bertz CT molecular complexity index is 728. The van der Waals surface area contributed by atoms with Crippen LogP contribution in [-0.4, -0.2) is 15.7 Å². The number of ether oxygens (including phenoxy) is 1. The molecule has 108 valence electrons. The number of nitrogens with two attached hydrogens (primary N) is 1. The number of pyridine rings is 1. The van der Waals surface area contributed by atoms with Gasteiger partial charge in [-0.05, 0) is 19.9 Å². The third kappa shape index (κ3) is 3.14. The third-order valence-electron chi connectivity index (χ3n) is 2.82. The van der Waals surface area contributed by atoms with Crippen molar-refractivity contribution in [3.8, 4) is 11.5 Å². The van der Waals surface area contributed by atoms with E-state index < -0.39 is 4.92 Å². The first-order valence-corrected chi connectivity index (χ1v) is 6.13. The van der Waals surface area contributed by atoms with E-state index in [0.717, 1.165) is 0 Å². The number of hydrogen-bond donors (Lipinski definition) is 2. The molecule has 0 saturated carbocycles. The fourth-order valence-electron chi connectivity index (χ4n) is 1.99. The Labute approximate surface area is 121 Å². The van der Waals surface area contributed by atoms with Crippen molar-refractivity contribution in [1.82, 2.24) is 4.98 Å². The summed E-state index contributed by atoms with van der Waals surface area (Å²) in [5, 5.41) is 18.4. The monoisotopic (exact) mass is 286 g/mol. The molecule has 0 fully saturated rings. The summed E-state index contributed by atoms with van der Waals surface area (Å²) in [4.78, 5) is 14.5. The molecule has 0 atom stereocenters. The van der Waals surface area contributed by atoms with Crippen molar-refractivity contribution in [2.45, 2.75) is 13.8 Å². The van der Waals surface area contributed by atoms with Crippen LogP contribution >= 0.6 is 0 Å². The summed E-state index contributed by atoms with van der Waals surface area (Å²) in [6.07, 6.45) is 0. The van der Waals surface area contributed by atoms with Crippen molar-refractivity contribution < 1.29 is 9.66 Å². The van der Waals surface area contributed by atoms with E-state index >= 15 is 0 Å². The minimum absolute atomic E-state index is 0.0700. The Morgan fingerprint density at radius 1 is 1.38 bits per heavy atom. The van der Waals surface area contributed by atoms with Gasteiger partial charge in [-0.25, -0.2) is 0 Å². The predicted octanol–water partition coefficient (Wildman–Crippen LogP) is 2.68. The summed E-state index contributed by atoms with van der Waals surface area (Å²) in [5.74, 6) is 0.491. The summed E-state index contributed by atoms with van der Waals surface area (Å²) in [5.41, 5.74) is 7.14. The lowest BCUT2D eigenvalue weighted by Gasteiger charge is -2.13. The van der Waals surface area contributed by atoms with Gasteiger partial charge >= 0.3 is 0 Å². The molecular formula is C14H14N4O3. The molecule has 21 heavy (non-hydrogen) atoms. The van der Waals surface area contributed by atoms with Crippen LogP contribution in [0.5, 0.6) is 11.5 Å². The van der Waals surface area contributed by atoms with Gasteiger partial charge in [-0.2, -0.15) is 0 Å². The maximum absolute atomic E-state index is 10.8. The molecule has 7 heteroatoms. The number of aromatic nitrogens is 1. The summed E-state index contributed by atoms with van der Waals surface area (Å²) in [6.45, 7) is 3.52. The smallest absolute Gasteiger partial charge is 0.273 e. The van der Waals surface area contributed by atoms with Gasteiger partial charge < -0.3 is 10.5 Å². The van der Waals surface area contributed by atoms with Gasteiger partial charge in [0.05, 0.1) is 22.2 Å². The topological polar surface area (TPSA) is 115 Å². The molecule has 1 aromatic heterocycles. The number of benzene rings is 1. The summed E-state index contributed by atoms with van der Waals surface area (Å²) in [6, 6.07) is 7.46. The number of aryl methyl sites for hydroxylation is 2. The van der Waals surface area contributed by atoms with Crippen LogP contribution in [0.25, 0.3) is 0 Å². The largest absolute Gasteiger partial charge is 0.456 e. The first-order valence-electron chi connectivity index (χ1n) is 6.13. The lowest BCUT2D eigenvalue weighted by molar-refractivity contribution is -0.384. The number of rotatable bonds is 4. The Morgan fingerprint density at radius 2 is 2.10 bits per heavy atom. The van der Waals surface area contributed by atoms with Crippen LogP contribution in [0.4, 0.5) is 5.69 Å². The zero-order valence-electron chi connectivity index (χ0n) is 11.6. The van der Waals surface area contributed by atoms with Crippen molar-refractivity contribution in [1.29, 1.82) is 5.41 Å². The fourth-order valence-corrected chi connectivity index (χ4v) is 1.99. The highest BCUT2D eigenvalue weighted by Crippen LogP contribution is 2.29. The van der Waals surface area contributed by atoms with E-state index in [4.69, 9.17) is 15.9 Å². The Balaban J connectivity index is 2.46. The Kier molecular flexibility index (Phi) is 3.84. The molecule has 0 saturated heterocycles. The first-order chi connectivity index (χ1) is 9.88. The highest BCUT2D eigenvalue weighted by Gasteiger charge is 2.14. The zero-order chi connectivity index (χ0) is 15.6. The van der Waals surface area contributed by atoms with E-state index in [2.05, 4.69) is 4.98 Å². The number of non-ortho nitro benzene ring substituents is 1. The molecule has 1 aromatic carbocycles. The second-order valence-electron chi connectivity index (χ2n) is 4.49. The lowest BCUT2D eigenvalue weighted by atomic mass is 10.1. The molecule has 0 spiro atoms. The number of nitrogens with one attached hydrogen (secondary N) is 1. The average molecular weight is 286 g/mol. The fraction of sp³-hybridized carbons (Fsp3) is 0.143. The molecule has 0 aliphatic heterocycles. The van der Waals surface area contributed by atoms with Crippen molar-refractivity contribution in [2.75, 3.05) is 0 Å². The molecule has 2 rings (SSSR count). The van der Waals surface area contributed by atoms with Gasteiger partial charge in [0.25, 0.3) is 5.69 Å². The van der Waals surface area contributed by atoms with E-state index in [9.17, 15) is 10.1 Å². The van der Waals surface area contributed by atoms with Crippen LogP contribution in [-0.2, 0) is 0 Å². The number of hydrogen-bond acceptors (Lipinski definition) is 5. The second kappa shape index (κ2) is 5.58. The van der Waals surface area contributed by atoms with Gasteiger partial charge in [-0.3, -0.25) is 20.5 Å². The summed E-state index contributed by atoms with van der Waals surface area (Å²) < 4.78 is 5.66. The average Bonchev–Trinajstić information content (AvgIpc) is 2.37. The summed E-state index contributed by atoms with van der Waals surface area (Å²) >= 11 is 0. The Morgan fingerprint density at radius 3 is 2.71 bits per heavy atom. The molecule has 0 radical (unpaired) electrons. The van der Waals surface area contributed by atoms with Crippen LogP contribution in [0.2, 0.25) is 0 Å². The van der Waals surface area contributed by atoms with Gasteiger partial charge in [0, 0.05) is 17.8 Å². The van der Waals surface area contributed by atoms with Crippen molar-refractivity contribution >= 4 is 11.5 Å². The van der Waals surface area contributed by atoms with Crippen molar-refractivity contribution in [3.63, 3.8) is 0 Å². The molecule has 0 amide bonds. The molecule has 0 aliphatic carbocycles. The normalized spacial score (nSPS) is 10.2. The third-order valence-corrected chi connectivity index (χ3v) is 2.82. The molecule has 0 aliphatic rings. The van der Waals surface area contributed by atoms with E-state index in [-0.39, 0.29) is 11.5 Å². The zero-order valence-corrected chi connectivity index (χ0v) is 11.6. The number of nitro groups is 1. The molecular weight excluding hydrogens is 272 g/mol. The van der Waals surface area contributed by atoms with E-state index in [0.29, 0.717) is 28.5 Å². The van der Waals surface area contributed by atoms with Crippen molar-refractivity contribution in [2.24, 2.45) is 5.73 Å². The van der Waals surface area contributed by atoms with Crippen LogP contribution in [0.15, 0.2) is 30.3 Å². The minimum Gasteiger partial charge on any atom is -0.456 e. The van der Waals surface area contributed by atoms with E-state index in [1.807, 2.05) is 0 Å². The Hall–Kier alpha value is -2.96.